The predicted molar refractivity (Wildman–Crippen MR) is 58.9 cm³/mol. The molecule has 0 unspecified atom stereocenters. The van der Waals surface area contributed by atoms with Crippen molar-refractivity contribution >= 4 is 0 Å². The van der Waals surface area contributed by atoms with Crippen molar-refractivity contribution in [3.8, 4) is 5.69 Å². The van der Waals surface area contributed by atoms with Gasteiger partial charge in [0.25, 0.3) is 0 Å². The van der Waals surface area contributed by atoms with Gasteiger partial charge in [0.05, 0.1) is 11.4 Å². The lowest BCUT2D eigenvalue weighted by Crippen LogP contribution is -2.22. The molecule has 0 spiro atoms. The van der Waals surface area contributed by atoms with E-state index in [4.69, 9.17) is 0 Å². The van der Waals surface area contributed by atoms with Crippen LogP contribution in [0.25, 0.3) is 5.69 Å². The first-order valence-electron chi connectivity index (χ1n) is 5.37. The highest BCUT2D eigenvalue weighted by atomic mass is 19.1. The maximum Gasteiger partial charge on any atom is 0.125 e. The molecule has 0 saturated heterocycles. The van der Waals surface area contributed by atoms with Crippen LogP contribution in [0.5, 0.6) is 0 Å². The lowest BCUT2D eigenvalue weighted by molar-refractivity contribution is 0.622. The van der Waals surface area contributed by atoms with Crippen molar-refractivity contribution in [2.75, 3.05) is 6.54 Å². The quantitative estimate of drug-likeness (QED) is 0.787. The summed E-state index contributed by atoms with van der Waals surface area (Å²) in [5.74, 6) is -0.232. The second-order valence-corrected chi connectivity index (χ2v) is 3.95. The molecule has 0 amide bonds. The average molecular weight is 217 g/mol. The monoisotopic (exact) mass is 217 g/mol. The molecule has 3 rings (SSSR count). The highest BCUT2D eigenvalue weighted by molar-refractivity contribution is 5.34. The van der Waals surface area contributed by atoms with Crippen molar-refractivity contribution in [2.45, 2.75) is 13.0 Å². The van der Waals surface area contributed by atoms with Gasteiger partial charge >= 0.3 is 0 Å². The lowest BCUT2D eigenvalue weighted by Gasteiger charge is -2.09. The summed E-state index contributed by atoms with van der Waals surface area (Å²) in [7, 11) is 0. The Labute approximate surface area is 92.9 Å². The zero-order valence-electron chi connectivity index (χ0n) is 8.78. The third kappa shape index (κ3) is 1.61. The summed E-state index contributed by atoms with van der Waals surface area (Å²) in [6, 6.07) is 6.49. The van der Waals surface area contributed by atoms with Crippen LogP contribution >= 0.6 is 0 Å². The summed E-state index contributed by atoms with van der Waals surface area (Å²) in [5, 5.41) is 7.72. The van der Waals surface area contributed by atoms with Gasteiger partial charge in [0.15, 0.2) is 0 Å². The van der Waals surface area contributed by atoms with E-state index in [2.05, 4.69) is 10.4 Å². The first-order chi connectivity index (χ1) is 7.83. The molecule has 0 radical (unpaired) electrons. The van der Waals surface area contributed by atoms with Crippen molar-refractivity contribution in [3.05, 3.63) is 47.5 Å². The number of nitrogens with zero attached hydrogens (tertiary/aromatic N) is 2. The highest BCUT2D eigenvalue weighted by Crippen LogP contribution is 2.15. The highest BCUT2D eigenvalue weighted by Gasteiger charge is 2.13. The summed E-state index contributed by atoms with van der Waals surface area (Å²) >= 11 is 0. The minimum atomic E-state index is -0.232. The molecule has 82 valence electrons. The van der Waals surface area contributed by atoms with E-state index in [1.807, 2.05) is 12.3 Å². The normalized spacial score (nSPS) is 14.8. The summed E-state index contributed by atoms with van der Waals surface area (Å²) in [6.45, 7) is 1.79. The minimum Gasteiger partial charge on any atom is -0.311 e. The van der Waals surface area contributed by atoms with E-state index in [-0.39, 0.29) is 5.82 Å². The summed E-state index contributed by atoms with van der Waals surface area (Å²) < 4.78 is 14.8. The number of aromatic nitrogens is 2. The molecule has 0 aliphatic carbocycles. The van der Waals surface area contributed by atoms with Gasteiger partial charge in [-0.2, -0.15) is 5.10 Å². The molecule has 2 aromatic rings. The molecule has 1 aliphatic rings. The molecule has 2 heterocycles. The van der Waals surface area contributed by atoms with Gasteiger partial charge in [-0.15, -0.1) is 0 Å². The number of benzene rings is 1. The fraction of sp³-hybridized carbons (Fsp3) is 0.250. The Morgan fingerprint density at radius 3 is 3.12 bits per heavy atom. The summed E-state index contributed by atoms with van der Waals surface area (Å²) in [6.07, 6.45) is 2.98. The van der Waals surface area contributed by atoms with Gasteiger partial charge in [-0.25, -0.2) is 9.07 Å². The lowest BCUT2D eigenvalue weighted by atomic mass is 10.1. The zero-order valence-corrected chi connectivity index (χ0v) is 8.78. The number of fused-ring (bicyclic) bond motifs is 1. The minimum absolute atomic E-state index is 0.232. The number of rotatable bonds is 1. The van der Waals surface area contributed by atoms with Gasteiger partial charge in [0.1, 0.15) is 5.82 Å². The van der Waals surface area contributed by atoms with E-state index in [9.17, 15) is 4.39 Å². The van der Waals surface area contributed by atoms with Gasteiger partial charge < -0.3 is 5.32 Å². The summed E-state index contributed by atoms with van der Waals surface area (Å²) in [4.78, 5) is 0. The van der Waals surface area contributed by atoms with Crippen LogP contribution in [0.3, 0.4) is 0 Å². The van der Waals surface area contributed by atoms with Gasteiger partial charge in [-0.05, 0) is 36.7 Å². The van der Waals surface area contributed by atoms with Gasteiger partial charge in [-0.3, -0.25) is 0 Å². The van der Waals surface area contributed by atoms with E-state index in [0.717, 1.165) is 30.9 Å². The molecule has 0 fully saturated rings. The van der Waals surface area contributed by atoms with E-state index < -0.39 is 0 Å². The Bertz CT molecular complexity index is 495. The fourth-order valence-electron chi connectivity index (χ4n) is 1.98. The molecule has 1 aliphatic heterocycles. The van der Waals surface area contributed by atoms with Gasteiger partial charge in [-0.1, -0.05) is 6.07 Å². The van der Waals surface area contributed by atoms with Crippen LogP contribution in [0.2, 0.25) is 0 Å². The Kier molecular flexibility index (Phi) is 2.22. The van der Waals surface area contributed by atoms with Crippen molar-refractivity contribution in [2.24, 2.45) is 0 Å². The van der Waals surface area contributed by atoms with Crippen LogP contribution in [0.1, 0.15) is 11.3 Å². The number of hydrogen-bond donors (Lipinski definition) is 1. The van der Waals surface area contributed by atoms with Crippen molar-refractivity contribution in [1.82, 2.24) is 15.1 Å². The van der Waals surface area contributed by atoms with Crippen LogP contribution in [0.15, 0.2) is 30.5 Å². The van der Waals surface area contributed by atoms with E-state index in [1.54, 1.807) is 10.7 Å². The van der Waals surface area contributed by atoms with E-state index in [0.29, 0.717) is 0 Å². The molecule has 1 aromatic heterocycles. The molecular weight excluding hydrogens is 205 g/mol. The molecular formula is C12H12FN3. The van der Waals surface area contributed by atoms with Crippen LogP contribution in [-0.2, 0) is 13.0 Å². The van der Waals surface area contributed by atoms with Crippen LogP contribution < -0.4 is 5.32 Å². The third-order valence-corrected chi connectivity index (χ3v) is 2.81. The first kappa shape index (κ1) is 9.54. The molecule has 0 saturated carbocycles. The van der Waals surface area contributed by atoms with Crippen LogP contribution in [0.4, 0.5) is 4.39 Å². The summed E-state index contributed by atoms with van der Waals surface area (Å²) in [5.41, 5.74) is 3.09. The second kappa shape index (κ2) is 3.72. The number of hydrogen-bond acceptors (Lipinski definition) is 2. The standard InChI is InChI=1S/C12H12FN3/c13-10-2-1-3-11(6-10)16-8-9-4-5-14-7-12(9)15-16/h1-3,6,8,14H,4-5,7H2. The topological polar surface area (TPSA) is 29.9 Å². The first-order valence-corrected chi connectivity index (χ1v) is 5.37. The van der Waals surface area contributed by atoms with Crippen LogP contribution in [-0.4, -0.2) is 16.3 Å². The zero-order chi connectivity index (χ0) is 11.0. The maximum atomic E-state index is 13.1. The SMILES string of the molecule is Fc1cccc(-n2cc3c(n2)CNCC3)c1. The Hall–Kier alpha value is -1.68. The molecule has 16 heavy (non-hydrogen) atoms. The Balaban J connectivity index is 2.03. The molecule has 4 heteroatoms. The van der Waals surface area contributed by atoms with E-state index >= 15 is 0 Å². The predicted octanol–water partition coefficient (Wildman–Crippen LogP) is 1.66. The largest absolute Gasteiger partial charge is 0.311 e. The van der Waals surface area contributed by atoms with Crippen molar-refractivity contribution in [1.29, 1.82) is 0 Å². The van der Waals surface area contributed by atoms with Crippen molar-refractivity contribution in [3.63, 3.8) is 0 Å². The van der Waals surface area contributed by atoms with Crippen molar-refractivity contribution < 1.29 is 4.39 Å². The van der Waals surface area contributed by atoms with Crippen LogP contribution in [0, 0.1) is 5.82 Å². The van der Waals surface area contributed by atoms with Gasteiger partial charge in [0, 0.05) is 12.7 Å². The number of nitrogens with one attached hydrogen (secondary N) is 1. The maximum absolute atomic E-state index is 13.1. The third-order valence-electron chi connectivity index (χ3n) is 2.81. The molecule has 1 N–H and O–H groups in total. The fourth-order valence-corrected chi connectivity index (χ4v) is 1.98. The van der Waals surface area contributed by atoms with Gasteiger partial charge in [0.2, 0.25) is 0 Å². The molecule has 3 nitrogen and oxygen atoms in total. The van der Waals surface area contributed by atoms with E-state index in [1.165, 1.54) is 17.7 Å². The Morgan fingerprint density at radius 1 is 1.38 bits per heavy atom. The smallest absolute Gasteiger partial charge is 0.125 e. The molecule has 0 bridgehead atoms. The Morgan fingerprint density at radius 2 is 2.31 bits per heavy atom. The molecule has 0 atom stereocenters. The molecule has 1 aromatic carbocycles. The average Bonchev–Trinajstić information content (AvgIpc) is 2.72. The number of halogens is 1. The second-order valence-electron chi connectivity index (χ2n) is 3.95.